The van der Waals surface area contributed by atoms with Gasteiger partial charge in [-0.2, -0.15) is 0 Å². The second kappa shape index (κ2) is 6.19. The van der Waals surface area contributed by atoms with Gasteiger partial charge in [-0.15, -0.1) is 5.10 Å². The molecule has 1 heterocycles. The summed E-state index contributed by atoms with van der Waals surface area (Å²) in [7, 11) is 5.40. The van der Waals surface area contributed by atoms with Crippen molar-refractivity contribution in [1.82, 2.24) is 15.5 Å². The molecule has 0 bridgehead atoms. The van der Waals surface area contributed by atoms with Gasteiger partial charge in [-0.25, -0.2) is 0 Å². The molecule has 0 amide bonds. The van der Waals surface area contributed by atoms with Crippen LogP contribution in [0.5, 0.6) is 5.75 Å². The standard InChI is InChI=1S/C13H18N4O2/c1-14-8-12-15-16-13(19-12)17(2)9-10-6-4-5-7-11(10)18-3/h4-7,14H,8-9H2,1-3H3. The van der Waals surface area contributed by atoms with Crippen molar-refractivity contribution in [2.75, 3.05) is 26.1 Å². The average Bonchev–Trinajstić information content (AvgIpc) is 2.88. The van der Waals surface area contributed by atoms with E-state index < -0.39 is 0 Å². The van der Waals surface area contributed by atoms with E-state index in [2.05, 4.69) is 15.5 Å². The number of para-hydroxylation sites is 1. The van der Waals surface area contributed by atoms with E-state index in [4.69, 9.17) is 9.15 Å². The first-order chi connectivity index (χ1) is 9.24. The highest BCUT2D eigenvalue weighted by Gasteiger charge is 2.12. The van der Waals surface area contributed by atoms with E-state index in [1.54, 1.807) is 7.11 Å². The number of ether oxygens (including phenoxy) is 1. The van der Waals surface area contributed by atoms with Gasteiger partial charge in [0.1, 0.15) is 5.75 Å². The third-order valence-corrected chi connectivity index (χ3v) is 2.71. The summed E-state index contributed by atoms with van der Waals surface area (Å²) in [6, 6.07) is 8.37. The summed E-state index contributed by atoms with van der Waals surface area (Å²) in [6.45, 7) is 1.21. The van der Waals surface area contributed by atoms with Crippen LogP contribution < -0.4 is 15.0 Å². The van der Waals surface area contributed by atoms with Crippen LogP contribution in [-0.4, -0.2) is 31.4 Å². The minimum Gasteiger partial charge on any atom is -0.496 e. The molecular formula is C13H18N4O2. The van der Waals surface area contributed by atoms with Crippen LogP contribution in [0, 0.1) is 0 Å². The minimum atomic E-state index is 0.496. The Kier molecular flexibility index (Phi) is 4.35. The highest BCUT2D eigenvalue weighted by atomic mass is 16.5. The molecule has 6 nitrogen and oxygen atoms in total. The molecule has 19 heavy (non-hydrogen) atoms. The van der Waals surface area contributed by atoms with Gasteiger partial charge in [0.15, 0.2) is 0 Å². The van der Waals surface area contributed by atoms with E-state index in [9.17, 15) is 0 Å². The molecule has 0 aliphatic rings. The Labute approximate surface area is 112 Å². The smallest absolute Gasteiger partial charge is 0.318 e. The lowest BCUT2D eigenvalue weighted by Crippen LogP contribution is -2.17. The maximum atomic E-state index is 5.53. The number of nitrogens with zero attached hydrogens (tertiary/aromatic N) is 3. The van der Waals surface area contributed by atoms with E-state index in [0.29, 0.717) is 25.0 Å². The predicted octanol–water partition coefficient (Wildman–Crippen LogP) is 1.43. The maximum absolute atomic E-state index is 5.53. The Hall–Kier alpha value is -2.08. The summed E-state index contributed by atoms with van der Waals surface area (Å²) in [5.41, 5.74) is 1.07. The van der Waals surface area contributed by atoms with Crippen molar-refractivity contribution in [3.05, 3.63) is 35.7 Å². The number of benzene rings is 1. The predicted molar refractivity (Wildman–Crippen MR) is 72.2 cm³/mol. The minimum absolute atomic E-state index is 0.496. The third kappa shape index (κ3) is 3.23. The van der Waals surface area contributed by atoms with Gasteiger partial charge in [0.2, 0.25) is 5.89 Å². The van der Waals surface area contributed by atoms with Crippen LogP contribution in [0.25, 0.3) is 0 Å². The van der Waals surface area contributed by atoms with Crippen LogP contribution in [-0.2, 0) is 13.1 Å². The van der Waals surface area contributed by atoms with Crippen molar-refractivity contribution in [2.45, 2.75) is 13.1 Å². The Bertz CT molecular complexity index is 527. The quantitative estimate of drug-likeness (QED) is 0.849. The van der Waals surface area contributed by atoms with Crippen LogP contribution in [0.15, 0.2) is 28.7 Å². The summed E-state index contributed by atoms with van der Waals surface area (Å²) < 4.78 is 10.9. The second-order valence-electron chi connectivity index (χ2n) is 4.18. The summed E-state index contributed by atoms with van der Waals surface area (Å²) in [5, 5.41) is 10.9. The lowest BCUT2D eigenvalue weighted by Gasteiger charge is -2.15. The molecule has 2 aromatic rings. The molecule has 0 fully saturated rings. The first-order valence-electron chi connectivity index (χ1n) is 6.04. The van der Waals surface area contributed by atoms with E-state index in [1.807, 2.05) is 43.3 Å². The molecule has 0 aliphatic carbocycles. The second-order valence-corrected chi connectivity index (χ2v) is 4.18. The zero-order valence-corrected chi connectivity index (χ0v) is 11.4. The van der Waals surface area contributed by atoms with E-state index >= 15 is 0 Å². The van der Waals surface area contributed by atoms with Crippen LogP contribution >= 0.6 is 0 Å². The summed E-state index contributed by atoms with van der Waals surface area (Å²) >= 11 is 0. The van der Waals surface area contributed by atoms with Gasteiger partial charge >= 0.3 is 6.01 Å². The summed E-state index contributed by atoms with van der Waals surface area (Å²) in [4.78, 5) is 1.89. The van der Waals surface area contributed by atoms with E-state index in [-0.39, 0.29) is 0 Å². The van der Waals surface area contributed by atoms with Crippen molar-refractivity contribution in [1.29, 1.82) is 0 Å². The molecule has 1 aromatic carbocycles. The number of rotatable bonds is 6. The fourth-order valence-electron chi connectivity index (χ4n) is 1.78. The van der Waals surface area contributed by atoms with Gasteiger partial charge in [0.25, 0.3) is 0 Å². The largest absolute Gasteiger partial charge is 0.496 e. The Balaban J connectivity index is 2.09. The number of hydrogen-bond donors (Lipinski definition) is 1. The SMILES string of the molecule is CNCc1nnc(N(C)Cc2ccccc2OC)o1. The van der Waals surface area contributed by atoms with Crippen LogP contribution in [0.4, 0.5) is 6.01 Å². The molecule has 0 saturated heterocycles. The summed E-state index contributed by atoms with van der Waals surface area (Å²) in [6.07, 6.45) is 0. The maximum Gasteiger partial charge on any atom is 0.318 e. The molecule has 1 aromatic heterocycles. The molecule has 0 radical (unpaired) electrons. The van der Waals surface area contributed by atoms with Gasteiger partial charge in [-0.1, -0.05) is 23.3 Å². The molecule has 0 unspecified atom stereocenters. The van der Waals surface area contributed by atoms with E-state index in [1.165, 1.54) is 0 Å². The topological polar surface area (TPSA) is 63.4 Å². The molecule has 0 atom stereocenters. The average molecular weight is 262 g/mol. The van der Waals surface area contributed by atoms with Gasteiger partial charge in [-0.05, 0) is 13.1 Å². The van der Waals surface area contributed by atoms with Crippen molar-refractivity contribution >= 4 is 6.01 Å². The zero-order valence-electron chi connectivity index (χ0n) is 11.4. The van der Waals surface area contributed by atoms with Crippen molar-refractivity contribution in [3.63, 3.8) is 0 Å². The van der Waals surface area contributed by atoms with Gasteiger partial charge < -0.3 is 19.4 Å². The molecule has 1 N–H and O–H groups in total. The lowest BCUT2D eigenvalue weighted by atomic mass is 10.2. The van der Waals surface area contributed by atoms with Gasteiger partial charge in [0, 0.05) is 12.6 Å². The molecule has 2 rings (SSSR count). The number of hydrogen-bond acceptors (Lipinski definition) is 6. The fourth-order valence-corrected chi connectivity index (χ4v) is 1.78. The summed E-state index contributed by atoms with van der Waals surface area (Å²) in [5.74, 6) is 1.42. The molecule has 0 spiro atoms. The Morgan fingerprint density at radius 3 is 2.84 bits per heavy atom. The van der Waals surface area contributed by atoms with Crippen LogP contribution in [0.2, 0.25) is 0 Å². The van der Waals surface area contributed by atoms with E-state index in [0.717, 1.165) is 11.3 Å². The van der Waals surface area contributed by atoms with Crippen molar-refractivity contribution < 1.29 is 9.15 Å². The fraction of sp³-hybridized carbons (Fsp3) is 0.385. The van der Waals surface area contributed by atoms with Crippen molar-refractivity contribution in [2.24, 2.45) is 0 Å². The van der Waals surface area contributed by atoms with Gasteiger partial charge in [-0.3, -0.25) is 0 Å². The van der Waals surface area contributed by atoms with Crippen LogP contribution in [0.1, 0.15) is 11.5 Å². The molecule has 0 aliphatic heterocycles. The van der Waals surface area contributed by atoms with Crippen LogP contribution in [0.3, 0.4) is 0 Å². The first kappa shape index (κ1) is 13.4. The number of nitrogens with one attached hydrogen (secondary N) is 1. The Morgan fingerprint density at radius 1 is 1.32 bits per heavy atom. The Morgan fingerprint density at radius 2 is 2.11 bits per heavy atom. The molecule has 0 saturated carbocycles. The highest BCUT2D eigenvalue weighted by molar-refractivity contribution is 5.37. The highest BCUT2D eigenvalue weighted by Crippen LogP contribution is 2.21. The van der Waals surface area contributed by atoms with Gasteiger partial charge in [0.05, 0.1) is 20.2 Å². The zero-order chi connectivity index (χ0) is 13.7. The number of methoxy groups -OCH3 is 1. The molecular weight excluding hydrogens is 244 g/mol. The molecule has 6 heteroatoms. The van der Waals surface area contributed by atoms with Crippen molar-refractivity contribution in [3.8, 4) is 5.75 Å². The normalized spacial score (nSPS) is 10.5. The third-order valence-electron chi connectivity index (χ3n) is 2.71. The monoisotopic (exact) mass is 262 g/mol. The molecule has 102 valence electrons. The lowest BCUT2D eigenvalue weighted by molar-refractivity contribution is 0.408. The number of aromatic nitrogens is 2. The first-order valence-corrected chi connectivity index (χ1v) is 6.04. The number of anilines is 1.